The highest BCUT2D eigenvalue weighted by Crippen LogP contribution is 2.35. The number of benzene rings is 2. The Kier molecular flexibility index (Phi) is 4.70. The van der Waals surface area contributed by atoms with Gasteiger partial charge in [-0.1, -0.05) is 24.3 Å². The second-order valence-electron chi connectivity index (χ2n) is 5.48. The maximum Gasteiger partial charge on any atom is 0.337 e. The lowest BCUT2D eigenvalue weighted by Gasteiger charge is -2.19. The molecule has 1 aliphatic rings. The Morgan fingerprint density at radius 3 is 2.76 bits per heavy atom. The van der Waals surface area contributed by atoms with Crippen LogP contribution in [0.3, 0.4) is 0 Å². The first-order valence-electron chi connectivity index (χ1n) is 7.64. The average Bonchev–Trinajstić information content (AvgIpc) is 2.65. The van der Waals surface area contributed by atoms with E-state index in [-0.39, 0.29) is 13.2 Å². The molecule has 25 heavy (non-hydrogen) atoms. The molecule has 1 heterocycles. The number of fused-ring (bicyclic) bond motifs is 1. The van der Waals surface area contributed by atoms with Gasteiger partial charge in [-0.2, -0.15) is 0 Å². The van der Waals surface area contributed by atoms with Gasteiger partial charge in [0.2, 0.25) is 5.91 Å². The van der Waals surface area contributed by atoms with E-state index in [0.29, 0.717) is 28.2 Å². The summed E-state index contributed by atoms with van der Waals surface area (Å²) in [5.74, 6) is 0.222. The Bertz CT molecular complexity index is 857. The number of para-hydroxylation sites is 1. The summed E-state index contributed by atoms with van der Waals surface area (Å²) in [5.41, 5.74) is 7.46. The van der Waals surface area contributed by atoms with Crippen molar-refractivity contribution >= 4 is 18.0 Å². The minimum Gasteiger partial charge on any atom is -0.493 e. The Hall–Kier alpha value is -3.28. The summed E-state index contributed by atoms with van der Waals surface area (Å²) in [4.78, 5) is 23.4. The van der Waals surface area contributed by atoms with Crippen molar-refractivity contribution in [1.29, 1.82) is 0 Å². The van der Waals surface area contributed by atoms with Crippen molar-refractivity contribution in [3.8, 4) is 11.5 Å². The van der Waals surface area contributed by atoms with Crippen LogP contribution in [0.25, 0.3) is 6.08 Å². The van der Waals surface area contributed by atoms with Crippen molar-refractivity contribution in [2.24, 2.45) is 5.73 Å². The molecule has 2 N–H and O–H groups in total. The van der Waals surface area contributed by atoms with Gasteiger partial charge in [0.1, 0.15) is 13.2 Å². The van der Waals surface area contributed by atoms with Gasteiger partial charge in [0.25, 0.3) is 0 Å². The van der Waals surface area contributed by atoms with E-state index < -0.39 is 11.9 Å². The van der Waals surface area contributed by atoms with E-state index in [1.54, 1.807) is 43.5 Å². The van der Waals surface area contributed by atoms with Gasteiger partial charge in [0.15, 0.2) is 11.5 Å². The van der Waals surface area contributed by atoms with E-state index in [4.69, 9.17) is 19.9 Å². The molecule has 0 aromatic heterocycles. The van der Waals surface area contributed by atoms with Crippen LogP contribution in [0.2, 0.25) is 0 Å². The third-order valence-corrected chi connectivity index (χ3v) is 3.77. The lowest BCUT2D eigenvalue weighted by Crippen LogP contribution is -2.17. The third-order valence-electron chi connectivity index (χ3n) is 3.77. The fourth-order valence-corrected chi connectivity index (χ4v) is 2.51. The van der Waals surface area contributed by atoms with E-state index >= 15 is 0 Å². The number of hydrogen-bond acceptors (Lipinski definition) is 5. The number of hydrogen-bond donors (Lipinski definition) is 1. The molecule has 3 rings (SSSR count). The Morgan fingerprint density at radius 2 is 2.00 bits per heavy atom. The molecule has 6 heteroatoms. The zero-order valence-electron chi connectivity index (χ0n) is 13.7. The maximum atomic E-state index is 12.3. The number of carbonyl (C=O) groups excluding carboxylic acids is 2. The topological polar surface area (TPSA) is 87.8 Å². The molecule has 0 bridgehead atoms. The smallest absolute Gasteiger partial charge is 0.337 e. The van der Waals surface area contributed by atoms with Crippen molar-refractivity contribution in [3.05, 3.63) is 64.7 Å². The van der Waals surface area contributed by atoms with Crippen molar-refractivity contribution in [3.63, 3.8) is 0 Å². The standard InChI is InChI=1S/C19H17NO5/c1-23-16-7-3-5-13-9-15(11-24-17(13)16)19(22)25-10-12-4-2-6-14(8-12)18(20)21/h2-9H,10-11H2,1H3,(H2,20,21). The molecule has 2 aromatic rings. The summed E-state index contributed by atoms with van der Waals surface area (Å²) in [5, 5.41) is 0. The number of ether oxygens (including phenoxy) is 3. The summed E-state index contributed by atoms with van der Waals surface area (Å²) < 4.78 is 16.2. The lowest BCUT2D eigenvalue weighted by molar-refractivity contribution is -0.140. The fourth-order valence-electron chi connectivity index (χ4n) is 2.51. The van der Waals surface area contributed by atoms with Gasteiger partial charge in [0, 0.05) is 11.1 Å². The zero-order valence-corrected chi connectivity index (χ0v) is 13.7. The van der Waals surface area contributed by atoms with E-state index in [9.17, 15) is 9.59 Å². The highest BCUT2D eigenvalue weighted by Gasteiger charge is 2.21. The van der Waals surface area contributed by atoms with Crippen LogP contribution in [0.4, 0.5) is 0 Å². The van der Waals surface area contributed by atoms with Crippen LogP contribution in [-0.2, 0) is 16.1 Å². The van der Waals surface area contributed by atoms with Gasteiger partial charge >= 0.3 is 5.97 Å². The lowest BCUT2D eigenvalue weighted by atomic mass is 10.1. The number of methoxy groups -OCH3 is 1. The quantitative estimate of drug-likeness (QED) is 0.845. The first kappa shape index (κ1) is 16.6. The van der Waals surface area contributed by atoms with Gasteiger partial charge in [-0.05, 0) is 29.8 Å². The number of primary amides is 1. The van der Waals surface area contributed by atoms with Crippen molar-refractivity contribution in [2.75, 3.05) is 13.7 Å². The summed E-state index contributed by atoms with van der Waals surface area (Å²) in [6, 6.07) is 12.1. The number of rotatable bonds is 5. The predicted molar refractivity (Wildman–Crippen MR) is 91.2 cm³/mol. The molecule has 0 atom stereocenters. The summed E-state index contributed by atoms with van der Waals surface area (Å²) in [7, 11) is 1.56. The molecule has 0 saturated heterocycles. The number of amides is 1. The average molecular weight is 339 g/mol. The van der Waals surface area contributed by atoms with Crippen LogP contribution in [0, 0.1) is 0 Å². The van der Waals surface area contributed by atoms with Gasteiger partial charge in [-0.25, -0.2) is 4.79 Å². The van der Waals surface area contributed by atoms with Crippen LogP contribution in [0.15, 0.2) is 48.0 Å². The van der Waals surface area contributed by atoms with Crippen LogP contribution in [0.5, 0.6) is 11.5 Å². The van der Waals surface area contributed by atoms with Crippen molar-refractivity contribution < 1.29 is 23.8 Å². The van der Waals surface area contributed by atoms with E-state index in [2.05, 4.69) is 0 Å². The van der Waals surface area contributed by atoms with Gasteiger partial charge in [-0.3, -0.25) is 4.79 Å². The molecule has 1 aliphatic heterocycles. The van der Waals surface area contributed by atoms with Gasteiger partial charge in [-0.15, -0.1) is 0 Å². The van der Waals surface area contributed by atoms with Crippen LogP contribution in [-0.4, -0.2) is 25.6 Å². The Labute approximate surface area is 144 Å². The first-order valence-corrected chi connectivity index (χ1v) is 7.64. The Balaban J connectivity index is 1.71. The van der Waals surface area contributed by atoms with E-state index in [1.807, 2.05) is 12.1 Å². The van der Waals surface area contributed by atoms with Crippen molar-refractivity contribution in [2.45, 2.75) is 6.61 Å². The van der Waals surface area contributed by atoms with Crippen LogP contribution >= 0.6 is 0 Å². The molecule has 0 radical (unpaired) electrons. The van der Waals surface area contributed by atoms with Gasteiger partial charge in [0.05, 0.1) is 12.7 Å². The Morgan fingerprint density at radius 1 is 1.20 bits per heavy atom. The predicted octanol–water partition coefficient (Wildman–Crippen LogP) is 2.31. The molecular weight excluding hydrogens is 322 g/mol. The molecule has 2 aromatic carbocycles. The number of carbonyl (C=O) groups is 2. The molecule has 0 spiro atoms. The molecule has 0 saturated carbocycles. The van der Waals surface area contributed by atoms with E-state index in [0.717, 1.165) is 5.56 Å². The summed E-state index contributed by atoms with van der Waals surface area (Å²) in [6.45, 7) is 0.149. The van der Waals surface area contributed by atoms with E-state index in [1.165, 1.54) is 0 Å². The van der Waals surface area contributed by atoms with Crippen LogP contribution < -0.4 is 15.2 Å². The largest absolute Gasteiger partial charge is 0.493 e. The number of esters is 1. The minimum atomic E-state index is -0.526. The third kappa shape index (κ3) is 3.63. The highest BCUT2D eigenvalue weighted by atomic mass is 16.5. The SMILES string of the molecule is COc1cccc2c1OCC(C(=O)OCc1cccc(C(N)=O)c1)=C2. The van der Waals surface area contributed by atoms with Gasteiger partial charge < -0.3 is 19.9 Å². The second-order valence-corrected chi connectivity index (χ2v) is 5.48. The number of nitrogens with two attached hydrogens (primary N) is 1. The first-order chi connectivity index (χ1) is 12.1. The molecular formula is C19H17NO5. The normalized spacial score (nSPS) is 12.4. The molecule has 0 unspecified atom stereocenters. The molecule has 6 nitrogen and oxygen atoms in total. The highest BCUT2D eigenvalue weighted by molar-refractivity contribution is 5.95. The van der Waals surface area contributed by atoms with Crippen LogP contribution in [0.1, 0.15) is 21.5 Å². The molecule has 0 aliphatic carbocycles. The molecule has 128 valence electrons. The summed E-state index contributed by atoms with van der Waals surface area (Å²) in [6.07, 6.45) is 1.73. The summed E-state index contributed by atoms with van der Waals surface area (Å²) >= 11 is 0. The second kappa shape index (κ2) is 7.09. The monoisotopic (exact) mass is 339 g/mol. The van der Waals surface area contributed by atoms with Crippen molar-refractivity contribution in [1.82, 2.24) is 0 Å². The maximum absolute atomic E-state index is 12.3. The molecule has 1 amide bonds. The minimum absolute atomic E-state index is 0.0439. The molecule has 0 fully saturated rings. The zero-order chi connectivity index (χ0) is 17.8. The fraction of sp³-hybridized carbons (Fsp3) is 0.158.